The molecule has 0 saturated heterocycles. The molecule has 0 aliphatic carbocycles. The van der Waals surface area contributed by atoms with Gasteiger partial charge < -0.3 is 9.47 Å². The van der Waals surface area contributed by atoms with Gasteiger partial charge in [-0.1, -0.05) is 50.2 Å². The van der Waals surface area contributed by atoms with Crippen molar-refractivity contribution in [3.05, 3.63) is 71.3 Å². The highest BCUT2D eigenvalue weighted by atomic mass is 16.5. The highest BCUT2D eigenvalue weighted by molar-refractivity contribution is 5.95. The number of hydrogen-bond donors (Lipinski definition) is 0. The highest BCUT2D eigenvalue weighted by Crippen LogP contribution is 2.22. The van der Waals surface area contributed by atoms with Crippen molar-refractivity contribution < 1.29 is 19.1 Å². The lowest BCUT2D eigenvalue weighted by molar-refractivity contribution is 0.0288. The van der Waals surface area contributed by atoms with Gasteiger partial charge in [0, 0.05) is 0 Å². The van der Waals surface area contributed by atoms with E-state index in [1.165, 1.54) is 6.07 Å². The van der Waals surface area contributed by atoms with Gasteiger partial charge in [0.1, 0.15) is 6.10 Å². The summed E-state index contributed by atoms with van der Waals surface area (Å²) in [4.78, 5) is 24.3. The lowest BCUT2D eigenvalue weighted by atomic mass is 10.1. The molecule has 1 unspecified atom stereocenters. The van der Waals surface area contributed by atoms with Crippen molar-refractivity contribution in [1.29, 1.82) is 0 Å². The number of rotatable bonds is 7. The van der Waals surface area contributed by atoms with Gasteiger partial charge in [-0.3, -0.25) is 0 Å². The van der Waals surface area contributed by atoms with Crippen molar-refractivity contribution in [3.8, 4) is 0 Å². The number of benzene rings is 2. The Balaban J connectivity index is 2.10. The molecule has 4 nitrogen and oxygen atoms in total. The molecule has 0 saturated carbocycles. The summed E-state index contributed by atoms with van der Waals surface area (Å²) in [6.45, 7) is 4.25. The zero-order chi connectivity index (χ0) is 17.4. The van der Waals surface area contributed by atoms with Crippen LogP contribution in [0, 0.1) is 0 Å². The second-order valence-electron chi connectivity index (χ2n) is 5.43. The van der Waals surface area contributed by atoms with Gasteiger partial charge in [0.25, 0.3) is 0 Å². The first-order valence-electron chi connectivity index (χ1n) is 8.18. The molecule has 0 aromatic heterocycles. The van der Waals surface area contributed by atoms with Crippen LogP contribution >= 0.6 is 0 Å². The molecular formula is C20H22O4. The Hall–Kier alpha value is -2.62. The van der Waals surface area contributed by atoms with E-state index in [1.54, 1.807) is 18.2 Å². The van der Waals surface area contributed by atoms with E-state index in [1.807, 2.05) is 44.2 Å². The maximum Gasteiger partial charge on any atom is 0.338 e. The molecule has 4 heteroatoms. The number of hydrogen-bond acceptors (Lipinski definition) is 4. The summed E-state index contributed by atoms with van der Waals surface area (Å²) in [5, 5.41) is 0. The summed E-state index contributed by atoms with van der Waals surface area (Å²) in [5.74, 6) is -0.877. The second kappa shape index (κ2) is 8.87. The Labute approximate surface area is 142 Å². The van der Waals surface area contributed by atoms with E-state index in [9.17, 15) is 9.59 Å². The van der Waals surface area contributed by atoms with Crippen LogP contribution in [-0.4, -0.2) is 18.5 Å². The SMILES string of the molecule is CCCOC(=O)c1cccc(C(=O)OC(CC)c2ccccc2)c1. The Morgan fingerprint density at radius 2 is 1.58 bits per heavy atom. The summed E-state index contributed by atoms with van der Waals surface area (Å²) in [7, 11) is 0. The van der Waals surface area contributed by atoms with Crippen molar-refractivity contribution in [2.24, 2.45) is 0 Å². The van der Waals surface area contributed by atoms with E-state index < -0.39 is 11.9 Å². The third kappa shape index (κ3) is 4.69. The lowest BCUT2D eigenvalue weighted by Gasteiger charge is -2.16. The predicted molar refractivity (Wildman–Crippen MR) is 91.9 cm³/mol. The summed E-state index contributed by atoms with van der Waals surface area (Å²) < 4.78 is 10.7. The van der Waals surface area contributed by atoms with Gasteiger partial charge in [-0.05, 0) is 36.6 Å². The summed E-state index contributed by atoms with van der Waals surface area (Å²) >= 11 is 0. The molecule has 126 valence electrons. The average molecular weight is 326 g/mol. The van der Waals surface area contributed by atoms with Gasteiger partial charge in [-0.15, -0.1) is 0 Å². The number of esters is 2. The van der Waals surface area contributed by atoms with Gasteiger partial charge >= 0.3 is 11.9 Å². The monoisotopic (exact) mass is 326 g/mol. The van der Waals surface area contributed by atoms with Gasteiger partial charge in [-0.2, -0.15) is 0 Å². The van der Waals surface area contributed by atoms with Crippen LogP contribution in [0.25, 0.3) is 0 Å². The minimum absolute atomic E-state index is 0.311. The van der Waals surface area contributed by atoms with E-state index in [-0.39, 0.29) is 6.10 Å². The Bertz CT molecular complexity index is 679. The standard InChI is InChI=1S/C20H22O4/c1-3-13-23-19(21)16-11-8-12-17(14-16)20(22)24-18(4-2)15-9-6-5-7-10-15/h5-12,14,18H,3-4,13H2,1-2H3. The fraction of sp³-hybridized carbons (Fsp3) is 0.300. The summed E-state index contributed by atoms with van der Waals surface area (Å²) in [6, 6.07) is 16.0. The van der Waals surface area contributed by atoms with Crippen LogP contribution in [0.2, 0.25) is 0 Å². The smallest absolute Gasteiger partial charge is 0.338 e. The number of carbonyl (C=O) groups excluding carboxylic acids is 2. The van der Waals surface area contributed by atoms with Crippen LogP contribution in [0.4, 0.5) is 0 Å². The van der Waals surface area contributed by atoms with Crippen molar-refractivity contribution in [3.63, 3.8) is 0 Å². The van der Waals surface area contributed by atoms with E-state index >= 15 is 0 Å². The quantitative estimate of drug-likeness (QED) is 0.700. The average Bonchev–Trinajstić information content (AvgIpc) is 2.64. The van der Waals surface area contributed by atoms with Crippen LogP contribution in [0.1, 0.15) is 59.1 Å². The maximum atomic E-state index is 12.4. The van der Waals surface area contributed by atoms with Crippen molar-refractivity contribution in [1.82, 2.24) is 0 Å². The van der Waals surface area contributed by atoms with Crippen molar-refractivity contribution in [2.45, 2.75) is 32.8 Å². The molecule has 0 radical (unpaired) electrons. The van der Waals surface area contributed by atoms with Crippen molar-refractivity contribution >= 4 is 11.9 Å². The molecule has 24 heavy (non-hydrogen) atoms. The molecule has 1 atom stereocenters. The summed E-state index contributed by atoms with van der Waals surface area (Å²) in [6.07, 6.45) is 1.12. The molecule has 0 heterocycles. The third-order valence-corrected chi connectivity index (χ3v) is 3.56. The van der Waals surface area contributed by atoms with E-state index in [0.29, 0.717) is 24.2 Å². The van der Waals surface area contributed by atoms with Gasteiger partial charge in [0.15, 0.2) is 0 Å². The first-order valence-corrected chi connectivity index (χ1v) is 8.18. The Morgan fingerprint density at radius 3 is 2.21 bits per heavy atom. The zero-order valence-electron chi connectivity index (χ0n) is 14.0. The summed E-state index contributed by atoms with van der Waals surface area (Å²) in [5.41, 5.74) is 1.65. The van der Waals surface area contributed by atoms with Crippen molar-refractivity contribution in [2.75, 3.05) is 6.61 Å². The molecule has 0 fully saturated rings. The van der Waals surface area contributed by atoms with Crippen LogP contribution in [0.3, 0.4) is 0 Å². The highest BCUT2D eigenvalue weighted by Gasteiger charge is 2.17. The molecule has 0 amide bonds. The lowest BCUT2D eigenvalue weighted by Crippen LogP contribution is -2.12. The molecule has 2 aromatic rings. The maximum absolute atomic E-state index is 12.4. The molecule has 2 rings (SSSR count). The van der Waals surface area contributed by atoms with E-state index in [4.69, 9.17) is 9.47 Å². The minimum atomic E-state index is -0.448. The zero-order valence-corrected chi connectivity index (χ0v) is 14.0. The predicted octanol–water partition coefficient (Wildman–Crippen LogP) is 4.56. The first kappa shape index (κ1) is 17.7. The molecule has 0 aliphatic heterocycles. The third-order valence-electron chi connectivity index (χ3n) is 3.56. The molecule has 0 spiro atoms. The largest absolute Gasteiger partial charge is 0.462 e. The Morgan fingerprint density at radius 1 is 0.917 bits per heavy atom. The normalized spacial score (nSPS) is 11.6. The van der Waals surface area contributed by atoms with Gasteiger partial charge in [-0.25, -0.2) is 9.59 Å². The molecule has 0 N–H and O–H groups in total. The fourth-order valence-electron chi connectivity index (χ4n) is 2.30. The van der Waals surface area contributed by atoms with E-state index in [2.05, 4.69) is 0 Å². The number of ether oxygens (including phenoxy) is 2. The molecule has 0 bridgehead atoms. The molecular weight excluding hydrogens is 304 g/mol. The second-order valence-corrected chi connectivity index (χ2v) is 5.43. The van der Waals surface area contributed by atoms with Crippen LogP contribution < -0.4 is 0 Å². The molecule has 0 aliphatic rings. The van der Waals surface area contributed by atoms with E-state index in [0.717, 1.165) is 12.0 Å². The first-order chi connectivity index (χ1) is 11.7. The van der Waals surface area contributed by atoms with Gasteiger partial charge in [0.2, 0.25) is 0 Å². The number of carbonyl (C=O) groups is 2. The Kier molecular flexibility index (Phi) is 6.55. The van der Waals surface area contributed by atoms with Gasteiger partial charge in [0.05, 0.1) is 17.7 Å². The van der Waals surface area contributed by atoms with Crippen LogP contribution in [-0.2, 0) is 9.47 Å². The fourth-order valence-corrected chi connectivity index (χ4v) is 2.30. The topological polar surface area (TPSA) is 52.6 Å². The van der Waals surface area contributed by atoms with Crippen LogP contribution in [0.15, 0.2) is 54.6 Å². The molecule has 2 aromatic carbocycles. The minimum Gasteiger partial charge on any atom is -0.462 e. The van der Waals surface area contributed by atoms with Crippen LogP contribution in [0.5, 0.6) is 0 Å².